The van der Waals surface area contributed by atoms with Crippen molar-refractivity contribution in [1.82, 2.24) is 0 Å². The smallest absolute Gasteiger partial charge is 0.139 e. The van der Waals surface area contributed by atoms with E-state index in [0.29, 0.717) is 22.6 Å². The number of hydrogen-bond donors (Lipinski definition) is 0. The minimum atomic E-state index is -0.725. The van der Waals surface area contributed by atoms with Crippen molar-refractivity contribution in [3.8, 4) is 44.9 Å². The van der Waals surface area contributed by atoms with Gasteiger partial charge in [-0.25, -0.2) is 0 Å². The normalized spacial score (nSPS) is 11.9. The Morgan fingerprint density at radius 3 is 1.00 bits per heavy atom. The molecule has 4 aromatic carbocycles. The Labute approximate surface area is 277 Å². The van der Waals surface area contributed by atoms with E-state index in [1.807, 2.05) is 0 Å². The summed E-state index contributed by atoms with van der Waals surface area (Å²) in [4.78, 5) is 2.51. The molecule has 0 fully saturated rings. The van der Waals surface area contributed by atoms with Crippen LogP contribution in [0, 0.1) is 0 Å². The zero-order valence-corrected chi connectivity index (χ0v) is 31.3. The summed E-state index contributed by atoms with van der Waals surface area (Å²) in [7, 11) is -1.45. The third kappa shape index (κ3) is 8.24. The van der Waals surface area contributed by atoms with Crippen LogP contribution in [0.4, 0.5) is 0 Å². The van der Waals surface area contributed by atoms with Gasteiger partial charge in [0.05, 0.1) is 16.3 Å². The molecule has 0 amide bonds. The van der Waals surface area contributed by atoms with Crippen molar-refractivity contribution in [2.24, 2.45) is 0 Å². The van der Waals surface area contributed by atoms with Gasteiger partial charge in [0.1, 0.15) is 11.5 Å². The quantitative estimate of drug-likeness (QED) is 0.105. The SMILES string of the molecule is CSc1ccc(-c2cccc(-c3cccc(-c4ccc(SC)cc4)c3OP(C(C)C)C(C)C)c2OP(C(C)C)C(C)C)cc1. The number of rotatable bonds is 13. The first kappa shape index (κ1) is 34.9. The fraction of sp³-hybridized carbons (Fsp3) is 0.368. The summed E-state index contributed by atoms with van der Waals surface area (Å²) in [5.41, 5.74) is 8.47. The van der Waals surface area contributed by atoms with E-state index in [9.17, 15) is 0 Å². The Morgan fingerprint density at radius 2 is 0.727 bits per heavy atom. The zero-order valence-electron chi connectivity index (χ0n) is 27.9. The van der Waals surface area contributed by atoms with Crippen LogP contribution in [0.5, 0.6) is 11.5 Å². The van der Waals surface area contributed by atoms with Gasteiger partial charge in [-0.15, -0.1) is 23.5 Å². The van der Waals surface area contributed by atoms with Crippen LogP contribution in [0.25, 0.3) is 33.4 Å². The molecule has 4 rings (SSSR count). The van der Waals surface area contributed by atoms with Gasteiger partial charge in [0.2, 0.25) is 0 Å². The van der Waals surface area contributed by atoms with E-state index in [2.05, 4.69) is 153 Å². The molecule has 6 heteroatoms. The fourth-order valence-electron chi connectivity index (χ4n) is 5.52. The van der Waals surface area contributed by atoms with Crippen LogP contribution < -0.4 is 9.05 Å². The van der Waals surface area contributed by atoms with Gasteiger partial charge in [-0.1, -0.05) is 116 Å². The topological polar surface area (TPSA) is 18.5 Å². The highest BCUT2D eigenvalue weighted by molar-refractivity contribution is 7.98. The van der Waals surface area contributed by atoms with Crippen molar-refractivity contribution in [3.63, 3.8) is 0 Å². The first-order valence-corrected chi connectivity index (χ1v) is 20.8. The second-order valence-electron chi connectivity index (χ2n) is 12.1. The van der Waals surface area contributed by atoms with Crippen LogP contribution in [0.3, 0.4) is 0 Å². The summed E-state index contributed by atoms with van der Waals surface area (Å²) >= 11 is 3.53. The molecule has 0 aromatic heterocycles. The van der Waals surface area contributed by atoms with Gasteiger partial charge in [-0.2, -0.15) is 0 Å². The summed E-state index contributed by atoms with van der Waals surface area (Å²) in [5, 5.41) is 0. The third-order valence-corrected chi connectivity index (χ3v) is 13.9. The summed E-state index contributed by atoms with van der Waals surface area (Å²) < 4.78 is 14.4. The highest BCUT2D eigenvalue weighted by Gasteiger charge is 2.28. The van der Waals surface area contributed by atoms with Crippen LogP contribution in [-0.2, 0) is 0 Å². The molecular weight excluding hydrogens is 614 g/mol. The van der Waals surface area contributed by atoms with Crippen molar-refractivity contribution in [2.45, 2.75) is 87.8 Å². The van der Waals surface area contributed by atoms with Crippen LogP contribution in [0.1, 0.15) is 55.4 Å². The Bertz CT molecular complexity index is 1370. The highest BCUT2D eigenvalue weighted by Crippen LogP contribution is 2.56. The minimum Gasteiger partial charge on any atom is -0.472 e. The first-order valence-electron chi connectivity index (χ1n) is 15.5. The van der Waals surface area contributed by atoms with Crippen LogP contribution in [0.15, 0.2) is 94.7 Å². The molecule has 0 aliphatic rings. The first-order chi connectivity index (χ1) is 21.0. The maximum Gasteiger partial charge on any atom is 0.139 e. The fourth-order valence-corrected chi connectivity index (χ4v) is 10.4. The van der Waals surface area contributed by atoms with Crippen molar-refractivity contribution < 1.29 is 9.05 Å². The summed E-state index contributed by atoms with van der Waals surface area (Å²) in [5.74, 6) is 1.91. The molecule has 0 heterocycles. The molecule has 0 radical (unpaired) electrons. The Kier molecular flexibility index (Phi) is 12.7. The molecule has 0 N–H and O–H groups in total. The lowest BCUT2D eigenvalue weighted by molar-refractivity contribution is 0.588. The standard InChI is InChI=1S/C38H48O2P2S2/c1-25(2)41(26(3)4)39-37-33(29-17-21-31(43-9)22-18-29)13-11-15-35(37)36-16-12-14-34(30-19-23-32(44-10)24-20-30)38(36)40-42(27(5)6)28(7)8/h11-28H,1-10H3. The molecule has 0 atom stereocenters. The molecule has 0 aliphatic carbocycles. The summed E-state index contributed by atoms with van der Waals surface area (Å²) in [6, 6.07) is 30.9. The molecule has 44 heavy (non-hydrogen) atoms. The van der Waals surface area contributed by atoms with E-state index in [-0.39, 0.29) is 0 Å². The maximum atomic E-state index is 7.20. The summed E-state index contributed by atoms with van der Waals surface area (Å²) in [6.07, 6.45) is 4.24. The zero-order chi connectivity index (χ0) is 32.0. The van der Waals surface area contributed by atoms with Gasteiger partial charge in [0.25, 0.3) is 0 Å². The van der Waals surface area contributed by atoms with Crippen molar-refractivity contribution in [1.29, 1.82) is 0 Å². The highest BCUT2D eigenvalue weighted by atomic mass is 32.2. The predicted molar refractivity (Wildman–Crippen MR) is 202 cm³/mol. The Morgan fingerprint density at radius 1 is 0.432 bits per heavy atom. The Hall–Kier alpha value is -1.96. The molecule has 0 saturated heterocycles. The van der Waals surface area contributed by atoms with Crippen molar-refractivity contribution in [2.75, 3.05) is 12.5 Å². The lowest BCUT2D eigenvalue weighted by Gasteiger charge is -2.30. The second kappa shape index (κ2) is 16.0. The number of thioether (sulfide) groups is 2. The number of benzene rings is 4. The van der Waals surface area contributed by atoms with Gasteiger partial charge in [0.15, 0.2) is 0 Å². The van der Waals surface area contributed by atoms with Gasteiger partial charge in [-0.3, -0.25) is 0 Å². The van der Waals surface area contributed by atoms with Gasteiger partial charge < -0.3 is 9.05 Å². The lowest BCUT2D eigenvalue weighted by Crippen LogP contribution is -2.10. The number of para-hydroxylation sites is 2. The van der Waals surface area contributed by atoms with Crippen LogP contribution in [-0.4, -0.2) is 35.1 Å². The van der Waals surface area contributed by atoms with E-state index >= 15 is 0 Å². The van der Waals surface area contributed by atoms with E-state index in [1.165, 1.54) is 20.9 Å². The Balaban J connectivity index is 2.01. The third-order valence-electron chi connectivity index (χ3n) is 7.55. The van der Waals surface area contributed by atoms with E-state index in [1.54, 1.807) is 23.5 Å². The molecular formula is C38H48O2P2S2. The molecule has 0 spiro atoms. The van der Waals surface area contributed by atoms with E-state index in [0.717, 1.165) is 33.8 Å². The van der Waals surface area contributed by atoms with Gasteiger partial charge in [0, 0.05) is 54.7 Å². The molecule has 234 valence electrons. The number of hydrogen-bond acceptors (Lipinski definition) is 4. The van der Waals surface area contributed by atoms with Crippen LogP contribution >= 0.6 is 39.8 Å². The average Bonchev–Trinajstić information content (AvgIpc) is 3.01. The second-order valence-corrected chi connectivity index (χ2v) is 19.8. The molecule has 0 aliphatic heterocycles. The van der Waals surface area contributed by atoms with Crippen molar-refractivity contribution in [3.05, 3.63) is 84.9 Å². The molecule has 4 aromatic rings. The average molecular weight is 663 g/mol. The molecule has 2 nitrogen and oxygen atoms in total. The monoisotopic (exact) mass is 662 g/mol. The van der Waals surface area contributed by atoms with E-state index in [4.69, 9.17) is 9.05 Å². The van der Waals surface area contributed by atoms with Gasteiger partial charge in [-0.05, 0) is 47.9 Å². The maximum absolute atomic E-state index is 7.20. The molecule has 0 unspecified atom stereocenters. The van der Waals surface area contributed by atoms with Gasteiger partial charge >= 0.3 is 0 Å². The van der Waals surface area contributed by atoms with Crippen molar-refractivity contribution >= 4 is 39.8 Å². The lowest BCUT2D eigenvalue weighted by atomic mass is 9.94. The van der Waals surface area contributed by atoms with E-state index < -0.39 is 16.3 Å². The van der Waals surface area contributed by atoms with Crippen LogP contribution in [0.2, 0.25) is 0 Å². The minimum absolute atomic E-state index is 0.427. The largest absolute Gasteiger partial charge is 0.472 e. The molecule has 0 bridgehead atoms. The summed E-state index contributed by atoms with van der Waals surface area (Å²) in [6.45, 7) is 18.3. The predicted octanol–water partition coefficient (Wildman–Crippen LogP) is 13.3. The molecule has 0 saturated carbocycles.